The zero-order valence-electron chi connectivity index (χ0n) is 23.3. The van der Waals surface area contributed by atoms with Crippen LogP contribution in [-0.2, 0) is 11.2 Å². The van der Waals surface area contributed by atoms with Crippen molar-refractivity contribution in [1.82, 2.24) is 20.1 Å². The molecule has 3 heterocycles. The van der Waals surface area contributed by atoms with Crippen LogP contribution in [0.3, 0.4) is 0 Å². The summed E-state index contributed by atoms with van der Waals surface area (Å²) in [4.78, 5) is 49.5. The van der Waals surface area contributed by atoms with Crippen molar-refractivity contribution in [2.75, 3.05) is 69.7 Å². The third kappa shape index (κ3) is 7.01. The average molecular weight is 557 g/mol. The number of amides is 3. The van der Waals surface area contributed by atoms with Gasteiger partial charge >= 0.3 is 0 Å². The van der Waals surface area contributed by atoms with E-state index in [-0.39, 0.29) is 24.1 Å². The van der Waals surface area contributed by atoms with E-state index in [0.717, 1.165) is 36.5 Å². The van der Waals surface area contributed by atoms with Crippen LogP contribution in [0, 0.1) is 0 Å². The molecule has 3 aromatic rings. The minimum atomic E-state index is -0.175. The standard InChI is InChI=1S/C31H36N6O4/c1-41-26-8-5-23(6-9-26)20-29(38)34-27-21-24(30(39)37-16-12-32-13-17-37)7-10-28(27)35-14-3-15-36(19-18-35)31(40)25-4-2-11-33-22-25/h2,4-11,21-22,32H,3,12-20H2,1H3,(H,34,38). The van der Waals surface area contributed by atoms with E-state index >= 15 is 0 Å². The van der Waals surface area contributed by atoms with Crippen LogP contribution in [0.25, 0.3) is 0 Å². The largest absolute Gasteiger partial charge is 0.497 e. The molecule has 2 aliphatic rings. The van der Waals surface area contributed by atoms with Crippen molar-refractivity contribution in [2.45, 2.75) is 12.8 Å². The summed E-state index contributed by atoms with van der Waals surface area (Å²) in [5.41, 5.74) is 3.40. The molecule has 3 amide bonds. The van der Waals surface area contributed by atoms with Gasteiger partial charge in [-0.1, -0.05) is 12.1 Å². The Bertz CT molecular complexity index is 1360. The van der Waals surface area contributed by atoms with E-state index in [0.29, 0.717) is 56.1 Å². The Kier molecular flexibility index (Phi) is 9.10. The monoisotopic (exact) mass is 556 g/mol. The second kappa shape index (κ2) is 13.3. The normalized spacial score (nSPS) is 15.7. The van der Waals surface area contributed by atoms with Crippen molar-refractivity contribution in [3.63, 3.8) is 0 Å². The molecule has 0 atom stereocenters. The number of carbonyl (C=O) groups excluding carboxylic acids is 3. The number of benzene rings is 2. The highest BCUT2D eigenvalue weighted by atomic mass is 16.5. The Labute approximate surface area is 240 Å². The van der Waals surface area contributed by atoms with Crippen LogP contribution >= 0.6 is 0 Å². The summed E-state index contributed by atoms with van der Waals surface area (Å²) >= 11 is 0. The number of piperazine rings is 1. The lowest BCUT2D eigenvalue weighted by Crippen LogP contribution is -2.46. The molecule has 214 valence electrons. The number of ether oxygens (including phenoxy) is 1. The number of hydrogen-bond donors (Lipinski definition) is 2. The first-order valence-corrected chi connectivity index (χ1v) is 14.0. The maximum atomic E-state index is 13.3. The topological polar surface area (TPSA) is 107 Å². The van der Waals surface area contributed by atoms with Gasteiger partial charge in [-0.05, 0) is 54.4 Å². The zero-order chi connectivity index (χ0) is 28.6. The second-order valence-corrected chi connectivity index (χ2v) is 10.2. The first-order valence-electron chi connectivity index (χ1n) is 14.0. The average Bonchev–Trinajstić information content (AvgIpc) is 3.28. The Balaban J connectivity index is 1.35. The van der Waals surface area contributed by atoms with Gasteiger partial charge in [-0.15, -0.1) is 0 Å². The molecule has 10 heteroatoms. The van der Waals surface area contributed by atoms with E-state index in [1.807, 2.05) is 46.2 Å². The zero-order valence-corrected chi connectivity index (χ0v) is 23.3. The maximum Gasteiger partial charge on any atom is 0.255 e. The number of pyridine rings is 1. The van der Waals surface area contributed by atoms with E-state index in [9.17, 15) is 14.4 Å². The third-order valence-electron chi connectivity index (χ3n) is 7.48. The molecular formula is C31H36N6O4. The number of nitrogens with zero attached hydrogens (tertiary/aromatic N) is 4. The molecule has 41 heavy (non-hydrogen) atoms. The van der Waals surface area contributed by atoms with E-state index in [2.05, 4.69) is 20.5 Å². The van der Waals surface area contributed by atoms with Gasteiger partial charge in [-0.2, -0.15) is 0 Å². The van der Waals surface area contributed by atoms with Crippen molar-refractivity contribution < 1.29 is 19.1 Å². The maximum absolute atomic E-state index is 13.3. The first-order chi connectivity index (χ1) is 20.0. The highest BCUT2D eigenvalue weighted by Gasteiger charge is 2.24. The second-order valence-electron chi connectivity index (χ2n) is 10.2. The molecule has 0 spiro atoms. The Morgan fingerprint density at radius 3 is 2.37 bits per heavy atom. The summed E-state index contributed by atoms with van der Waals surface area (Å²) in [6.45, 7) is 5.28. The van der Waals surface area contributed by atoms with Gasteiger partial charge < -0.3 is 30.1 Å². The Morgan fingerprint density at radius 2 is 1.63 bits per heavy atom. The smallest absolute Gasteiger partial charge is 0.255 e. The fraction of sp³-hybridized carbons (Fsp3) is 0.355. The number of carbonyl (C=O) groups is 3. The number of hydrogen-bond acceptors (Lipinski definition) is 7. The van der Waals surface area contributed by atoms with Crippen molar-refractivity contribution >= 4 is 29.1 Å². The van der Waals surface area contributed by atoms with Crippen LogP contribution in [0.4, 0.5) is 11.4 Å². The lowest BCUT2D eigenvalue weighted by molar-refractivity contribution is -0.115. The quantitative estimate of drug-likeness (QED) is 0.461. The van der Waals surface area contributed by atoms with Crippen LogP contribution in [0.1, 0.15) is 32.7 Å². The van der Waals surface area contributed by atoms with Crippen LogP contribution in [-0.4, -0.2) is 92.0 Å². The van der Waals surface area contributed by atoms with Crippen LogP contribution in [0.2, 0.25) is 0 Å². The van der Waals surface area contributed by atoms with Gasteiger partial charge in [0.05, 0.1) is 30.5 Å². The SMILES string of the molecule is COc1ccc(CC(=O)Nc2cc(C(=O)N3CCNCC3)ccc2N2CCCN(C(=O)c3cccnc3)CC2)cc1. The predicted octanol–water partition coefficient (Wildman–Crippen LogP) is 2.67. The van der Waals surface area contributed by atoms with Gasteiger partial charge in [-0.3, -0.25) is 19.4 Å². The molecular weight excluding hydrogens is 520 g/mol. The van der Waals surface area contributed by atoms with Gasteiger partial charge in [0.1, 0.15) is 5.75 Å². The molecule has 1 aromatic heterocycles. The molecule has 0 radical (unpaired) electrons. The molecule has 0 unspecified atom stereocenters. The molecule has 0 saturated carbocycles. The Morgan fingerprint density at radius 1 is 0.878 bits per heavy atom. The van der Waals surface area contributed by atoms with Crippen LogP contribution < -0.4 is 20.3 Å². The number of anilines is 2. The highest BCUT2D eigenvalue weighted by Crippen LogP contribution is 2.30. The fourth-order valence-electron chi connectivity index (χ4n) is 5.25. The van der Waals surface area contributed by atoms with E-state index in [4.69, 9.17) is 4.74 Å². The summed E-state index contributed by atoms with van der Waals surface area (Å²) < 4.78 is 5.22. The summed E-state index contributed by atoms with van der Waals surface area (Å²) in [5.74, 6) is 0.469. The Hall–Kier alpha value is -4.44. The van der Waals surface area contributed by atoms with Crippen molar-refractivity contribution in [3.8, 4) is 5.75 Å². The van der Waals surface area contributed by atoms with E-state index in [1.165, 1.54) is 0 Å². The summed E-state index contributed by atoms with van der Waals surface area (Å²) in [7, 11) is 1.61. The van der Waals surface area contributed by atoms with Crippen molar-refractivity contribution in [3.05, 3.63) is 83.7 Å². The summed E-state index contributed by atoms with van der Waals surface area (Å²) in [5, 5.41) is 6.35. The molecule has 0 bridgehead atoms. The molecule has 0 aliphatic carbocycles. The lowest BCUT2D eigenvalue weighted by Gasteiger charge is -2.29. The molecule has 10 nitrogen and oxygen atoms in total. The molecule has 5 rings (SSSR count). The number of rotatable bonds is 7. The minimum absolute atomic E-state index is 0.0371. The molecule has 2 aromatic carbocycles. The van der Waals surface area contributed by atoms with E-state index in [1.54, 1.807) is 37.7 Å². The lowest BCUT2D eigenvalue weighted by atomic mass is 10.1. The van der Waals surface area contributed by atoms with Gasteiger partial charge in [0, 0.05) is 70.3 Å². The number of methoxy groups -OCH3 is 1. The van der Waals surface area contributed by atoms with Gasteiger partial charge in [0.2, 0.25) is 5.91 Å². The van der Waals surface area contributed by atoms with Crippen molar-refractivity contribution in [1.29, 1.82) is 0 Å². The van der Waals surface area contributed by atoms with Gasteiger partial charge in [0.15, 0.2) is 0 Å². The summed E-state index contributed by atoms with van der Waals surface area (Å²) in [6.07, 6.45) is 4.21. The van der Waals surface area contributed by atoms with Gasteiger partial charge in [-0.25, -0.2) is 0 Å². The van der Waals surface area contributed by atoms with Crippen molar-refractivity contribution in [2.24, 2.45) is 0 Å². The molecule has 2 N–H and O–H groups in total. The molecule has 2 aliphatic heterocycles. The third-order valence-corrected chi connectivity index (χ3v) is 7.48. The molecule has 2 saturated heterocycles. The highest BCUT2D eigenvalue weighted by molar-refractivity contribution is 6.00. The minimum Gasteiger partial charge on any atom is -0.497 e. The van der Waals surface area contributed by atoms with Gasteiger partial charge in [0.25, 0.3) is 11.8 Å². The van der Waals surface area contributed by atoms with E-state index < -0.39 is 0 Å². The van der Waals surface area contributed by atoms with Crippen LogP contribution in [0.15, 0.2) is 67.0 Å². The molecule has 2 fully saturated rings. The summed E-state index contributed by atoms with van der Waals surface area (Å²) in [6, 6.07) is 16.5. The number of aromatic nitrogens is 1. The van der Waals surface area contributed by atoms with Crippen LogP contribution in [0.5, 0.6) is 5.75 Å². The first kappa shape index (κ1) is 28.1. The fourth-order valence-corrected chi connectivity index (χ4v) is 5.25. The predicted molar refractivity (Wildman–Crippen MR) is 158 cm³/mol. The number of nitrogens with one attached hydrogen (secondary N) is 2.